The first-order chi connectivity index (χ1) is 14.8. The lowest BCUT2D eigenvalue weighted by molar-refractivity contribution is -0.275. The maximum Gasteiger partial charge on any atom is 0.574 e. The van der Waals surface area contributed by atoms with Crippen molar-refractivity contribution in [2.75, 3.05) is 0 Å². The average molecular weight is 422 g/mol. The predicted octanol–water partition coefficient (Wildman–Crippen LogP) is 5.05. The van der Waals surface area contributed by atoms with Crippen LogP contribution in [0.5, 0.6) is 5.88 Å². The third-order valence-corrected chi connectivity index (χ3v) is 5.15. The molecule has 31 heavy (non-hydrogen) atoms. The van der Waals surface area contributed by atoms with E-state index in [4.69, 9.17) is 6.42 Å². The number of hydrogen-bond donors (Lipinski definition) is 1. The summed E-state index contributed by atoms with van der Waals surface area (Å²) in [6, 6.07) is 16.8. The van der Waals surface area contributed by atoms with Gasteiger partial charge in [-0.05, 0) is 60.4 Å². The molecule has 1 heterocycles. The van der Waals surface area contributed by atoms with Crippen LogP contribution in [0.2, 0.25) is 0 Å². The molecule has 1 aliphatic carbocycles. The Morgan fingerprint density at radius 2 is 1.74 bits per heavy atom. The molecule has 0 spiro atoms. The summed E-state index contributed by atoms with van der Waals surface area (Å²) in [4.78, 5) is 16.3. The van der Waals surface area contributed by atoms with E-state index in [9.17, 15) is 18.0 Å². The number of hydrogen-bond acceptors (Lipinski definition) is 3. The summed E-state index contributed by atoms with van der Waals surface area (Å²) in [6.45, 7) is 0. The molecule has 1 saturated carbocycles. The molecule has 4 rings (SSSR count). The highest BCUT2D eigenvalue weighted by atomic mass is 19.4. The minimum absolute atomic E-state index is 0.210. The van der Waals surface area contributed by atoms with Gasteiger partial charge in [0, 0.05) is 22.9 Å². The van der Waals surface area contributed by atoms with Crippen LogP contribution in [0.25, 0.3) is 11.1 Å². The number of nitrogens with one attached hydrogen (secondary N) is 1. The van der Waals surface area contributed by atoms with Gasteiger partial charge in [0.1, 0.15) is 0 Å². The molecule has 3 aromatic rings. The third kappa shape index (κ3) is 4.53. The summed E-state index contributed by atoms with van der Waals surface area (Å²) in [7, 11) is 0. The number of pyridine rings is 1. The summed E-state index contributed by atoms with van der Waals surface area (Å²) in [5, 5.41) is 3.06. The molecular weight excluding hydrogens is 405 g/mol. The molecule has 7 heteroatoms. The third-order valence-electron chi connectivity index (χ3n) is 5.15. The fraction of sp³-hybridized carbons (Fsp3) is 0.167. The second-order valence-electron chi connectivity index (χ2n) is 7.24. The zero-order valence-corrected chi connectivity index (χ0v) is 16.2. The Morgan fingerprint density at radius 3 is 2.32 bits per heavy atom. The number of rotatable bonds is 5. The van der Waals surface area contributed by atoms with Crippen LogP contribution in [0.1, 0.15) is 34.3 Å². The van der Waals surface area contributed by atoms with Crippen molar-refractivity contribution in [2.24, 2.45) is 0 Å². The van der Waals surface area contributed by atoms with Crippen molar-refractivity contribution in [3.05, 3.63) is 83.6 Å². The first kappa shape index (κ1) is 20.5. The molecule has 0 saturated heterocycles. The molecule has 1 aromatic heterocycles. The summed E-state index contributed by atoms with van der Waals surface area (Å²) in [6.07, 6.45) is 3.30. The van der Waals surface area contributed by atoms with Crippen molar-refractivity contribution < 1.29 is 22.7 Å². The van der Waals surface area contributed by atoms with Crippen molar-refractivity contribution in [2.45, 2.75) is 24.7 Å². The molecule has 0 unspecified atom stereocenters. The van der Waals surface area contributed by atoms with Gasteiger partial charge in [-0.1, -0.05) is 30.2 Å². The van der Waals surface area contributed by atoms with E-state index >= 15 is 0 Å². The summed E-state index contributed by atoms with van der Waals surface area (Å²) >= 11 is 0. The van der Waals surface area contributed by atoms with Gasteiger partial charge in [0.2, 0.25) is 5.88 Å². The first-order valence-corrected chi connectivity index (χ1v) is 9.50. The lowest BCUT2D eigenvalue weighted by Crippen LogP contribution is -2.34. The van der Waals surface area contributed by atoms with E-state index in [1.54, 1.807) is 54.6 Å². The SMILES string of the molecule is C#Cc1ccc(C(=O)NC2(c3ccc(-c4cccnc4OC(F)(F)F)cc3)CC2)cc1. The number of terminal acetylenes is 1. The molecule has 156 valence electrons. The molecule has 0 radical (unpaired) electrons. The molecular formula is C24H17F3N2O2. The zero-order chi connectivity index (χ0) is 22.1. The van der Waals surface area contributed by atoms with Gasteiger partial charge in [-0.3, -0.25) is 4.79 Å². The minimum atomic E-state index is -4.83. The molecule has 1 N–H and O–H groups in total. The quantitative estimate of drug-likeness (QED) is 0.586. The Balaban J connectivity index is 1.53. The smallest absolute Gasteiger partial charge is 0.387 e. The molecule has 1 amide bonds. The van der Waals surface area contributed by atoms with Crippen LogP contribution in [0.4, 0.5) is 13.2 Å². The number of nitrogens with zero attached hydrogens (tertiary/aromatic N) is 1. The molecule has 2 aromatic carbocycles. The van der Waals surface area contributed by atoms with Crippen molar-refractivity contribution in [3.63, 3.8) is 0 Å². The highest BCUT2D eigenvalue weighted by molar-refractivity contribution is 5.95. The first-order valence-electron chi connectivity index (χ1n) is 9.50. The number of halogens is 3. The predicted molar refractivity (Wildman–Crippen MR) is 109 cm³/mol. The maximum atomic E-state index is 12.7. The standard InChI is InChI=1S/C24H17F3N2O2/c1-2-16-5-7-18(8-6-16)21(30)29-23(13-14-23)19-11-9-17(10-12-19)20-4-3-15-28-22(20)31-24(25,26)27/h1,3-12,15H,13-14H2,(H,29,30). The second-order valence-corrected chi connectivity index (χ2v) is 7.24. The van der Waals surface area contributed by atoms with Crippen LogP contribution in [-0.2, 0) is 5.54 Å². The van der Waals surface area contributed by atoms with Crippen LogP contribution < -0.4 is 10.1 Å². The van der Waals surface area contributed by atoms with Crippen LogP contribution >= 0.6 is 0 Å². The van der Waals surface area contributed by atoms with Crippen molar-refractivity contribution in [1.82, 2.24) is 10.3 Å². The maximum absolute atomic E-state index is 12.7. The van der Waals surface area contributed by atoms with Crippen LogP contribution in [-0.4, -0.2) is 17.3 Å². The fourth-order valence-electron chi connectivity index (χ4n) is 3.39. The van der Waals surface area contributed by atoms with E-state index in [1.165, 1.54) is 12.3 Å². The number of aromatic nitrogens is 1. The summed E-state index contributed by atoms with van der Waals surface area (Å²) < 4.78 is 42.0. The van der Waals surface area contributed by atoms with E-state index < -0.39 is 17.8 Å². The molecule has 4 nitrogen and oxygen atoms in total. The van der Waals surface area contributed by atoms with E-state index in [1.807, 2.05) is 0 Å². The Kier molecular flexibility index (Phi) is 5.15. The number of ether oxygens (including phenoxy) is 1. The second kappa shape index (κ2) is 7.80. The molecule has 1 aliphatic rings. The lowest BCUT2D eigenvalue weighted by atomic mass is 9.99. The van der Waals surface area contributed by atoms with Gasteiger partial charge in [0.25, 0.3) is 5.91 Å². The van der Waals surface area contributed by atoms with Gasteiger partial charge in [-0.25, -0.2) is 4.98 Å². The van der Waals surface area contributed by atoms with Crippen LogP contribution in [0.3, 0.4) is 0 Å². The Morgan fingerprint density at radius 1 is 1.06 bits per heavy atom. The topological polar surface area (TPSA) is 51.2 Å². The molecule has 0 bridgehead atoms. The van der Waals surface area contributed by atoms with Gasteiger partial charge in [0.05, 0.1) is 5.54 Å². The highest BCUT2D eigenvalue weighted by Gasteiger charge is 2.45. The molecule has 0 atom stereocenters. The van der Waals surface area contributed by atoms with E-state index in [2.05, 4.69) is 21.0 Å². The zero-order valence-electron chi connectivity index (χ0n) is 16.2. The summed E-state index contributed by atoms with van der Waals surface area (Å²) in [5.74, 6) is 1.79. The fourth-order valence-corrected chi connectivity index (χ4v) is 3.39. The van der Waals surface area contributed by atoms with Gasteiger partial charge >= 0.3 is 6.36 Å². The minimum Gasteiger partial charge on any atom is -0.387 e. The van der Waals surface area contributed by atoms with Crippen LogP contribution in [0.15, 0.2) is 66.9 Å². The largest absolute Gasteiger partial charge is 0.574 e. The van der Waals surface area contributed by atoms with Gasteiger partial charge in [-0.2, -0.15) is 0 Å². The van der Waals surface area contributed by atoms with E-state index in [-0.39, 0.29) is 11.5 Å². The van der Waals surface area contributed by atoms with Crippen molar-refractivity contribution >= 4 is 5.91 Å². The molecule has 0 aliphatic heterocycles. The van der Waals surface area contributed by atoms with E-state index in [0.29, 0.717) is 16.7 Å². The van der Waals surface area contributed by atoms with Gasteiger partial charge < -0.3 is 10.1 Å². The normalized spacial score (nSPS) is 14.4. The number of alkyl halides is 3. The lowest BCUT2D eigenvalue weighted by Gasteiger charge is -2.19. The van der Waals surface area contributed by atoms with Gasteiger partial charge in [-0.15, -0.1) is 19.6 Å². The average Bonchev–Trinajstić information content (AvgIpc) is 3.54. The van der Waals surface area contributed by atoms with Crippen molar-refractivity contribution in [1.29, 1.82) is 0 Å². The molecule has 1 fully saturated rings. The Bertz CT molecular complexity index is 1140. The Hall–Kier alpha value is -3.79. The Labute approximate surface area is 177 Å². The highest BCUT2D eigenvalue weighted by Crippen LogP contribution is 2.46. The number of carbonyl (C=O) groups excluding carboxylic acids is 1. The summed E-state index contributed by atoms with van der Waals surface area (Å²) in [5.41, 5.74) is 2.36. The van der Waals surface area contributed by atoms with Crippen molar-refractivity contribution in [3.8, 4) is 29.4 Å². The number of carbonyl (C=O) groups is 1. The monoisotopic (exact) mass is 422 g/mol. The van der Waals surface area contributed by atoms with E-state index in [0.717, 1.165) is 18.4 Å². The van der Waals surface area contributed by atoms with Gasteiger partial charge in [0.15, 0.2) is 0 Å². The number of amides is 1. The van der Waals surface area contributed by atoms with Crippen LogP contribution in [0, 0.1) is 12.3 Å². The number of benzene rings is 2.